The molecule has 132 valence electrons. The first-order valence-electron chi connectivity index (χ1n) is 8.30. The van der Waals surface area contributed by atoms with Gasteiger partial charge in [0.2, 0.25) is 0 Å². The summed E-state index contributed by atoms with van der Waals surface area (Å²) in [6.07, 6.45) is 0. The van der Waals surface area contributed by atoms with E-state index in [0.717, 1.165) is 11.5 Å². The third-order valence-electron chi connectivity index (χ3n) is 3.60. The summed E-state index contributed by atoms with van der Waals surface area (Å²) in [6.45, 7) is 4.38. The lowest BCUT2D eigenvalue weighted by Gasteiger charge is -2.18. The van der Waals surface area contributed by atoms with Crippen LogP contribution >= 0.6 is 0 Å². The molecule has 0 saturated carbocycles. The molecule has 1 aliphatic rings. The Bertz CT molecular complexity index is 714. The molecule has 0 saturated heterocycles. The fraction of sp³-hybridized carbons (Fsp3) is 0.316. The minimum atomic E-state index is -0.174. The number of benzene rings is 2. The minimum absolute atomic E-state index is 0.174. The molecule has 1 heterocycles. The number of amides is 1. The number of carbonyl (C=O) groups excluding carboxylic acids is 1. The molecule has 0 aliphatic carbocycles. The van der Waals surface area contributed by atoms with Crippen LogP contribution in [-0.2, 0) is 0 Å². The van der Waals surface area contributed by atoms with Crippen LogP contribution in [0.4, 0.5) is 0 Å². The molecular weight excluding hydrogens is 322 g/mol. The summed E-state index contributed by atoms with van der Waals surface area (Å²) >= 11 is 0. The van der Waals surface area contributed by atoms with Crippen molar-refractivity contribution in [1.29, 1.82) is 0 Å². The number of fused-ring (bicyclic) bond motifs is 1. The summed E-state index contributed by atoms with van der Waals surface area (Å²) < 4.78 is 21.9. The third-order valence-corrected chi connectivity index (χ3v) is 3.60. The van der Waals surface area contributed by atoms with E-state index in [4.69, 9.17) is 18.9 Å². The maximum atomic E-state index is 12.2. The summed E-state index contributed by atoms with van der Waals surface area (Å²) in [4.78, 5) is 12.2. The van der Waals surface area contributed by atoms with Gasteiger partial charge < -0.3 is 24.3 Å². The van der Waals surface area contributed by atoms with Crippen LogP contribution in [0, 0.1) is 0 Å². The Morgan fingerprint density at radius 1 is 1.00 bits per heavy atom. The topological polar surface area (TPSA) is 66.0 Å². The standard InChI is InChI=1S/C19H21NO5/c1-2-22-15-4-6-16(7-5-15)23-10-9-20-19(21)14-3-8-17-18(13-14)25-12-11-24-17/h3-8,13H,2,9-12H2,1H3,(H,20,21). The van der Waals surface area contributed by atoms with Crippen LogP contribution in [0.15, 0.2) is 42.5 Å². The van der Waals surface area contributed by atoms with Crippen LogP contribution in [-0.4, -0.2) is 38.9 Å². The first kappa shape index (κ1) is 17.0. The van der Waals surface area contributed by atoms with E-state index in [0.29, 0.717) is 50.0 Å². The van der Waals surface area contributed by atoms with Crippen LogP contribution in [0.3, 0.4) is 0 Å². The van der Waals surface area contributed by atoms with Gasteiger partial charge in [0.1, 0.15) is 31.3 Å². The Morgan fingerprint density at radius 3 is 2.40 bits per heavy atom. The highest BCUT2D eigenvalue weighted by Crippen LogP contribution is 2.30. The monoisotopic (exact) mass is 343 g/mol. The van der Waals surface area contributed by atoms with Gasteiger partial charge in [0.25, 0.3) is 5.91 Å². The zero-order valence-corrected chi connectivity index (χ0v) is 14.1. The van der Waals surface area contributed by atoms with Gasteiger partial charge in [-0.3, -0.25) is 4.79 Å². The van der Waals surface area contributed by atoms with Gasteiger partial charge in [-0.05, 0) is 49.4 Å². The van der Waals surface area contributed by atoms with Crippen LogP contribution in [0.25, 0.3) is 0 Å². The van der Waals surface area contributed by atoms with Gasteiger partial charge in [-0.1, -0.05) is 0 Å². The highest BCUT2D eigenvalue weighted by molar-refractivity contribution is 5.94. The van der Waals surface area contributed by atoms with Crippen LogP contribution in [0.5, 0.6) is 23.0 Å². The predicted octanol–water partition coefficient (Wildman–Crippen LogP) is 2.67. The average molecular weight is 343 g/mol. The number of nitrogens with one attached hydrogen (secondary N) is 1. The molecule has 6 heteroatoms. The molecule has 0 fully saturated rings. The molecule has 0 spiro atoms. The second kappa shape index (κ2) is 8.28. The summed E-state index contributed by atoms with van der Waals surface area (Å²) in [5.74, 6) is 2.64. The lowest BCUT2D eigenvalue weighted by Crippen LogP contribution is -2.28. The van der Waals surface area contributed by atoms with E-state index in [1.165, 1.54) is 0 Å². The first-order valence-corrected chi connectivity index (χ1v) is 8.30. The van der Waals surface area contributed by atoms with Crippen molar-refractivity contribution >= 4 is 5.91 Å². The molecule has 25 heavy (non-hydrogen) atoms. The number of hydrogen-bond acceptors (Lipinski definition) is 5. The number of carbonyl (C=O) groups is 1. The smallest absolute Gasteiger partial charge is 0.251 e. The van der Waals surface area contributed by atoms with Gasteiger partial charge >= 0.3 is 0 Å². The van der Waals surface area contributed by atoms with Crippen molar-refractivity contribution in [1.82, 2.24) is 5.32 Å². The molecule has 0 aromatic heterocycles. The van der Waals surface area contributed by atoms with E-state index >= 15 is 0 Å². The highest BCUT2D eigenvalue weighted by Gasteiger charge is 2.14. The Morgan fingerprint density at radius 2 is 1.68 bits per heavy atom. The fourth-order valence-electron chi connectivity index (χ4n) is 2.42. The molecule has 2 aromatic rings. The normalized spacial score (nSPS) is 12.4. The highest BCUT2D eigenvalue weighted by atomic mass is 16.6. The molecule has 2 aromatic carbocycles. The molecular formula is C19H21NO5. The van der Waals surface area contributed by atoms with Crippen molar-refractivity contribution in [2.45, 2.75) is 6.92 Å². The lowest BCUT2D eigenvalue weighted by molar-refractivity contribution is 0.0945. The number of ether oxygens (including phenoxy) is 4. The second-order valence-electron chi connectivity index (χ2n) is 5.37. The number of hydrogen-bond donors (Lipinski definition) is 1. The van der Waals surface area contributed by atoms with E-state index in [-0.39, 0.29) is 5.91 Å². The van der Waals surface area contributed by atoms with Crippen molar-refractivity contribution in [2.75, 3.05) is 33.0 Å². The van der Waals surface area contributed by atoms with Gasteiger partial charge in [-0.25, -0.2) is 0 Å². The molecule has 1 amide bonds. The van der Waals surface area contributed by atoms with Crippen molar-refractivity contribution in [3.05, 3.63) is 48.0 Å². The van der Waals surface area contributed by atoms with Gasteiger partial charge in [-0.15, -0.1) is 0 Å². The van der Waals surface area contributed by atoms with Crippen LogP contribution in [0.2, 0.25) is 0 Å². The lowest BCUT2D eigenvalue weighted by atomic mass is 10.2. The van der Waals surface area contributed by atoms with Crippen molar-refractivity contribution in [2.24, 2.45) is 0 Å². The summed E-state index contributed by atoms with van der Waals surface area (Å²) in [7, 11) is 0. The summed E-state index contributed by atoms with van der Waals surface area (Å²) in [5, 5.41) is 2.82. The molecule has 0 radical (unpaired) electrons. The molecule has 1 N–H and O–H groups in total. The molecule has 0 atom stereocenters. The molecule has 3 rings (SSSR count). The van der Waals surface area contributed by atoms with Crippen LogP contribution in [0.1, 0.15) is 17.3 Å². The zero-order chi connectivity index (χ0) is 17.5. The molecule has 1 aliphatic heterocycles. The molecule has 6 nitrogen and oxygen atoms in total. The molecule has 0 bridgehead atoms. The zero-order valence-electron chi connectivity index (χ0n) is 14.1. The van der Waals surface area contributed by atoms with E-state index in [9.17, 15) is 4.79 Å². The van der Waals surface area contributed by atoms with Crippen molar-refractivity contribution in [3.8, 4) is 23.0 Å². The Kier molecular flexibility index (Phi) is 5.61. The average Bonchev–Trinajstić information content (AvgIpc) is 2.66. The van der Waals surface area contributed by atoms with Gasteiger partial charge in [0.15, 0.2) is 11.5 Å². The largest absolute Gasteiger partial charge is 0.494 e. The van der Waals surface area contributed by atoms with E-state index in [1.54, 1.807) is 18.2 Å². The van der Waals surface area contributed by atoms with Gasteiger partial charge in [0, 0.05) is 5.56 Å². The Hall–Kier alpha value is -2.89. The third kappa shape index (κ3) is 4.56. The van der Waals surface area contributed by atoms with Gasteiger partial charge in [-0.2, -0.15) is 0 Å². The van der Waals surface area contributed by atoms with Crippen molar-refractivity contribution < 1.29 is 23.7 Å². The minimum Gasteiger partial charge on any atom is -0.494 e. The van der Waals surface area contributed by atoms with Gasteiger partial charge in [0.05, 0.1) is 13.2 Å². The maximum absolute atomic E-state index is 12.2. The summed E-state index contributed by atoms with van der Waals surface area (Å²) in [6, 6.07) is 12.5. The quantitative estimate of drug-likeness (QED) is 0.783. The fourth-order valence-corrected chi connectivity index (χ4v) is 2.42. The summed E-state index contributed by atoms with van der Waals surface area (Å²) in [5.41, 5.74) is 0.533. The Labute approximate surface area is 146 Å². The van der Waals surface area contributed by atoms with Crippen molar-refractivity contribution in [3.63, 3.8) is 0 Å². The molecule has 0 unspecified atom stereocenters. The predicted molar refractivity (Wildman–Crippen MR) is 92.9 cm³/mol. The van der Waals surface area contributed by atoms with E-state index in [1.807, 2.05) is 31.2 Å². The first-order chi connectivity index (χ1) is 12.3. The maximum Gasteiger partial charge on any atom is 0.251 e. The van der Waals surface area contributed by atoms with E-state index < -0.39 is 0 Å². The second-order valence-corrected chi connectivity index (χ2v) is 5.37. The van der Waals surface area contributed by atoms with Crippen LogP contribution < -0.4 is 24.3 Å². The number of rotatable bonds is 7. The Balaban J connectivity index is 1.44. The van der Waals surface area contributed by atoms with E-state index in [2.05, 4.69) is 5.32 Å². The SMILES string of the molecule is CCOc1ccc(OCCNC(=O)c2ccc3c(c2)OCCO3)cc1.